The molecule has 0 amide bonds. The standard InChI is InChI=1S/C7H13O4/c1-7(9)11-6-5-10-4-2-3-8/h2-6H2,1H3. The highest BCUT2D eigenvalue weighted by Crippen LogP contribution is 1.82. The summed E-state index contributed by atoms with van der Waals surface area (Å²) >= 11 is 0. The number of esters is 1. The van der Waals surface area contributed by atoms with E-state index in [4.69, 9.17) is 4.74 Å². The van der Waals surface area contributed by atoms with Crippen LogP contribution >= 0.6 is 0 Å². The summed E-state index contributed by atoms with van der Waals surface area (Å²) < 4.78 is 9.53. The fourth-order valence-corrected chi connectivity index (χ4v) is 0.507. The van der Waals surface area contributed by atoms with E-state index in [0.29, 0.717) is 19.6 Å². The van der Waals surface area contributed by atoms with Crippen LogP contribution in [-0.2, 0) is 19.4 Å². The van der Waals surface area contributed by atoms with Crippen LogP contribution in [0.15, 0.2) is 0 Å². The molecule has 0 saturated heterocycles. The molecule has 0 heterocycles. The fraction of sp³-hybridized carbons (Fsp3) is 0.857. The second kappa shape index (κ2) is 7.50. The third kappa shape index (κ3) is 9.39. The molecule has 0 unspecified atom stereocenters. The Hall–Kier alpha value is -0.610. The third-order valence-electron chi connectivity index (χ3n) is 0.966. The SMILES string of the molecule is CC(=O)OCCOCCC[O]. The van der Waals surface area contributed by atoms with Crippen molar-refractivity contribution in [1.29, 1.82) is 0 Å². The van der Waals surface area contributed by atoms with E-state index in [1.807, 2.05) is 0 Å². The molecule has 1 radical (unpaired) electrons. The van der Waals surface area contributed by atoms with Gasteiger partial charge in [-0.05, 0) is 6.42 Å². The van der Waals surface area contributed by atoms with Crippen LogP contribution in [0, 0.1) is 0 Å². The van der Waals surface area contributed by atoms with Crippen molar-refractivity contribution in [3.05, 3.63) is 0 Å². The molecular formula is C7H13O4. The molecule has 0 aromatic heterocycles. The monoisotopic (exact) mass is 161 g/mol. The Balaban J connectivity index is 2.85. The summed E-state index contributed by atoms with van der Waals surface area (Å²) in [4.78, 5) is 10.2. The molecule has 0 N–H and O–H groups in total. The molecule has 0 aliphatic heterocycles. The van der Waals surface area contributed by atoms with Crippen LogP contribution in [0.4, 0.5) is 0 Å². The first-order chi connectivity index (χ1) is 5.27. The van der Waals surface area contributed by atoms with Crippen molar-refractivity contribution in [2.75, 3.05) is 26.4 Å². The molecule has 0 spiro atoms. The Labute approximate surface area is 66.1 Å². The zero-order valence-electron chi connectivity index (χ0n) is 6.67. The lowest BCUT2D eigenvalue weighted by atomic mass is 10.5. The predicted octanol–water partition coefficient (Wildman–Crippen LogP) is 0.387. The average Bonchev–Trinajstić information content (AvgIpc) is 1.96. The molecule has 65 valence electrons. The van der Waals surface area contributed by atoms with Gasteiger partial charge in [-0.25, -0.2) is 5.11 Å². The summed E-state index contributed by atoms with van der Waals surface area (Å²) in [5.41, 5.74) is 0. The Kier molecular flexibility index (Phi) is 7.08. The minimum Gasteiger partial charge on any atom is -0.463 e. The van der Waals surface area contributed by atoms with Crippen LogP contribution in [0.3, 0.4) is 0 Å². The topological polar surface area (TPSA) is 55.4 Å². The molecule has 0 atom stereocenters. The van der Waals surface area contributed by atoms with E-state index in [2.05, 4.69) is 4.74 Å². The van der Waals surface area contributed by atoms with Crippen molar-refractivity contribution < 1.29 is 19.4 Å². The molecule has 0 aromatic carbocycles. The van der Waals surface area contributed by atoms with Crippen LogP contribution in [0.5, 0.6) is 0 Å². The lowest BCUT2D eigenvalue weighted by molar-refractivity contribution is -0.142. The van der Waals surface area contributed by atoms with Crippen molar-refractivity contribution >= 4 is 5.97 Å². The van der Waals surface area contributed by atoms with E-state index >= 15 is 0 Å². The van der Waals surface area contributed by atoms with Gasteiger partial charge in [0.15, 0.2) is 0 Å². The highest BCUT2D eigenvalue weighted by molar-refractivity contribution is 5.65. The quantitative estimate of drug-likeness (QED) is 0.418. The number of hydrogen-bond donors (Lipinski definition) is 0. The van der Waals surface area contributed by atoms with Crippen LogP contribution in [-0.4, -0.2) is 32.4 Å². The van der Waals surface area contributed by atoms with Gasteiger partial charge in [0.1, 0.15) is 6.61 Å². The highest BCUT2D eigenvalue weighted by Gasteiger charge is 1.91. The van der Waals surface area contributed by atoms with E-state index in [-0.39, 0.29) is 19.2 Å². The van der Waals surface area contributed by atoms with Crippen molar-refractivity contribution in [2.24, 2.45) is 0 Å². The van der Waals surface area contributed by atoms with Crippen molar-refractivity contribution in [3.8, 4) is 0 Å². The van der Waals surface area contributed by atoms with Gasteiger partial charge in [0.25, 0.3) is 0 Å². The number of ether oxygens (including phenoxy) is 2. The minimum absolute atomic E-state index is 0.117. The van der Waals surface area contributed by atoms with Crippen molar-refractivity contribution in [3.63, 3.8) is 0 Å². The number of rotatable bonds is 6. The average molecular weight is 161 g/mol. The van der Waals surface area contributed by atoms with Gasteiger partial charge in [-0.3, -0.25) is 4.79 Å². The van der Waals surface area contributed by atoms with Gasteiger partial charge in [-0.1, -0.05) is 0 Å². The minimum atomic E-state index is -0.308. The Bertz CT molecular complexity index is 103. The predicted molar refractivity (Wildman–Crippen MR) is 37.6 cm³/mol. The molecule has 0 aromatic rings. The van der Waals surface area contributed by atoms with Gasteiger partial charge in [0.05, 0.1) is 13.2 Å². The van der Waals surface area contributed by atoms with Crippen molar-refractivity contribution in [2.45, 2.75) is 13.3 Å². The van der Waals surface area contributed by atoms with Crippen LogP contribution in [0.2, 0.25) is 0 Å². The van der Waals surface area contributed by atoms with E-state index in [9.17, 15) is 9.90 Å². The molecule has 0 bridgehead atoms. The molecule has 0 aliphatic carbocycles. The van der Waals surface area contributed by atoms with Gasteiger partial charge in [0, 0.05) is 13.5 Å². The van der Waals surface area contributed by atoms with Gasteiger partial charge in [-0.2, -0.15) is 0 Å². The summed E-state index contributed by atoms with van der Waals surface area (Å²) in [7, 11) is 0. The zero-order chi connectivity index (χ0) is 8.53. The van der Waals surface area contributed by atoms with E-state index < -0.39 is 0 Å². The Morgan fingerprint density at radius 3 is 2.55 bits per heavy atom. The summed E-state index contributed by atoms with van der Waals surface area (Å²) in [6.45, 7) is 2.32. The van der Waals surface area contributed by atoms with Gasteiger partial charge < -0.3 is 9.47 Å². The lowest BCUT2D eigenvalue weighted by Gasteiger charge is -2.02. The van der Waals surface area contributed by atoms with Crippen LogP contribution in [0.1, 0.15) is 13.3 Å². The van der Waals surface area contributed by atoms with E-state index in [1.54, 1.807) is 0 Å². The fourth-order valence-electron chi connectivity index (χ4n) is 0.507. The first kappa shape index (κ1) is 10.4. The largest absolute Gasteiger partial charge is 0.463 e. The molecule has 11 heavy (non-hydrogen) atoms. The highest BCUT2D eigenvalue weighted by atomic mass is 16.6. The molecule has 0 saturated carbocycles. The normalized spacial score (nSPS) is 9.64. The number of carbonyl (C=O) groups is 1. The summed E-state index contributed by atoms with van der Waals surface area (Å²) in [5, 5.41) is 9.91. The van der Waals surface area contributed by atoms with Gasteiger partial charge in [0.2, 0.25) is 0 Å². The first-order valence-corrected chi connectivity index (χ1v) is 3.56. The van der Waals surface area contributed by atoms with Gasteiger partial charge >= 0.3 is 5.97 Å². The summed E-state index contributed by atoms with van der Waals surface area (Å²) in [6.07, 6.45) is 0.514. The van der Waals surface area contributed by atoms with E-state index in [1.165, 1.54) is 6.92 Å². The maximum absolute atomic E-state index is 10.2. The Morgan fingerprint density at radius 2 is 2.00 bits per heavy atom. The molecule has 4 heteroatoms. The summed E-state index contributed by atoms with van der Waals surface area (Å²) in [6, 6.07) is 0. The maximum atomic E-state index is 10.2. The molecule has 0 rings (SSSR count). The van der Waals surface area contributed by atoms with E-state index in [0.717, 1.165) is 0 Å². The first-order valence-electron chi connectivity index (χ1n) is 3.56. The second-order valence-corrected chi connectivity index (χ2v) is 2.01. The van der Waals surface area contributed by atoms with Crippen LogP contribution < -0.4 is 0 Å². The molecule has 0 fully saturated rings. The van der Waals surface area contributed by atoms with Gasteiger partial charge in [-0.15, -0.1) is 0 Å². The zero-order valence-corrected chi connectivity index (χ0v) is 6.67. The molecule has 4 nitrogen and oxygen atoms in total. The number of hydrogen-bond acceptors (Lipinski definition) is 3. The smallest absolute Gasteiger partial charge is 0.302 e. The van der Waals surface area contributed by atoms with Crippen LogP contribution in [0.25, 0.3) is 0 Å². The number of carbonyl (C=O) groups excluding carboxylic acids is 1. The lowest BCUT2D eigenvalue weighted by Crippen LogP contribution is -2.08. The summed E-state index contributed by atoms with van der Waals surface area (Å²) in [5.74, 6) is -0.308. The second-order valence-electron chi connectivity index (χ2n) is 2.01. The Morgan fingerprint density at radius 1 is 1.27 bits per heavy atom. The molecular weight excluding hydrogens is 148 g/mol. The third-order valence-corrected chi connectivity index (χ3v) is 0.966. The maximum Gasteiger partial charge on any atom is 0.302 e. The molecule has 0 aliphatic rings. The van der Waals surface area contributed by atoms with Crippen molar-refractivity contribution in [1.82, 2.24) is 0 Å².